The van der Waals surface area contributed by atoms with E-state index in [9.17, 15) is 22.8 Å². The first-order valence-corrected chi connectivity index (χ1v) is 10.3. The molecule has 0 aliphatic carbocycles. The molecule has 31 heavy (non-hydrogen) atoms. The number of aryl methyl sites for hydroxylation is 1. The number of aromatic nitrogens is 3. The van der Waals surface area contributed by atoms with Crippen LogP contribution in [0.5, 0.6) is 0 Å². The van der Waals surface area contributed by atoms with Crippen LogP contribution in [0.3, 0.4) is 0 Å². The van der Waals surface area contributed by atoms with Crippen molar-refractivity contribution in [3.05, 3.63) is 50.5 Å². The highest BCUT2D eigenvalue weighted by molar-refractivity contribution is 14.1. The molecule has 0 unspecified atom stereocenters. The van der Waals surface area contributed by atoms with E-state index in [1.807, 2.05) is 22.6 Å². The number of amides is 2. The van der Waals surface area contributed by atoms with E-state index in [0.29, 0.717) is 14.9 Å². The summed E-state index contributed by atoms with van der Waals surface area (Å²) in [6.45, 7) is 0. The number of alkyl halides is 3. The molecule has 4 heterocycles. The van der Waals surface area contributed by atoms with E-state index in [0.717, 1.165) is 6.07 Å². The molecule has 8 nitrogen and oxygen atoms in total. The van der Waals surface area contributed by atoms with E-state index in [4.69, 9.17) is 10.2 Å². The summed E-state index contributed by atoms with van der Waals surface area (Å²) in [4.78, 5) is 28.3. The molecule has 0 radical (unpaired) electrons. The van der Waals surface area contributed by atoms with Crippen molar-refractivity contribution in [2.45, 2.75) is 6.18 Å². The first-order chi connectivity index (χ1) is 14.6. The van der Waals surface area contributed by atoms with Crippen LogP contribution in [-0.2, 0) is 13.2 Å². The monoisotopic (exact) mass is 561 g/mol. The SMILES string of the molecule is Cn1cc(I)c(C(=O)Nc2c(C(N)=O)sc3nc(C(F)(F)F)cc(-c4ccco4)c23)n1. The van der Waals surface area contributed by atoms with E-state index >= 15 is 0 Å². The lowest BCUT2D eigenvalue weighted by molar-refractivity contribution is -0.140. The van der Waals surface area contributed by atoms with Gasteiger partial charge in [0.1, 0.15) is 21.2 Å². The zero-order chi connectivity index (χ0) is 22.5. The van der Waals surface area contributed by atoms with Gasteiger partial charge in [0.05, 0.1) is 15.5 Å². The topological polar surface area (TPSA) is 116 Å². The van der Waals surface area contributed by atoms with Gasteiger partial charge in [0.25, 0.3) is 11.8 Å². The van der Waals surface area contributed by atoms with Crippen LogP contribution in [0.15, 0.2) is 35.1 Å². The molecule has 0 aliphatic rings. The first-order valence-electron chi connectivity index (χ1n) is 8.45. The zero-order valence-corrected chi connectivity index (χ0v) is 18.4. The van der Waals surface area contributed by atoms with E-state index in [-0.39, 0.29) is 37.8 Å². The molecule has 0 aromatic carbocycles. The number of hydrogen-bond donors (Lipinski definition) is 2. The van der Waals surface area contributed by atoms with Crippen LogP contribution < -0.4 is 11.1 Å². The lowest BCUT2D eigenvalue weighted by atomic mass is 10.1. The van der Waals surface area contributed by atoms with Crippen LogP contribution in [0.1, 0.15) is 25.9 Å². The molecule has 0 atom stereocenters. The summed E-state index contributed by atoms with van der Waals surface area (Å²) in [5.74, 6) is -1.47. The number of rotatable bonds is 4. The van der Waals surface area contributed by atoms with Gasteiger partial charge in [-0.15, -0.1) is 11.3 Å². The Morgan fingerprint density at radius 3 is 2.65 bits per heavy atom. The normalized spacial score (nSPS) is 11.8. The molecule has 4 aromatic rings. The van der Waals surface area contributed by atoms with Gasteiger partial charge >= 0.3 is 6.18 Å². The molecular formula is C18H11F3IN5O3S. The van der Waals surface area contributed by atoms with Gasteiger partial charge in [0, 0.05) is 24.2 Å². The predicted molar refractivity (Wildman–Crippen MR) is 115 cm³/mol. The van der Waals surface area contributed by atoms with Crippen LogP contribution in [0, 0.1) is 3.57 Å². The Labute approximate surface area is 189 Å². The highest BCUT2D eigenvalue weighted by Gasteiger charge is 2.35. The Hall–Kier alpha value is -2.94. The van der Waals surface area contributed by atoms with Gasteiger partial charge in [0.15, 0.2) is 5.69 Å². The fraction of sp³-hybridized carbons (Fsp3) is 0.111. The van der Waals surface area contributed by atoms with Gasteiger partial charge in [-0.1, -0.05) is 0 Å². The fourth-order valence-corrected chi connectivity index (χ4v) is 4.71. The molecule has 3 N–H and O–H groups in total. The molecule has 160 valence electrons. The first kappa shape index (κ1) is 21.3. The van der Waals surface area contributed by atoms with Gasteiger partial charge in [-0.05, 0) is 40.8 Å². The van der Waals surface area contributed by atoms with Gasteiger partial charge < -0.3 is 15.5 Å². The minimum absolute atomic E-state index is 0.0112. The van der Waals surface area contributed by atoms with Gasteiger partial charge in [-0.3, -0.25) is 14.3 Å². The largest absolute Gasteiger partial charge is 0.464 e. The van der Waals surface area contributed by atoms with Crippen LogP contribution >= 0.6 is 33.9 Å². The summed E-state index contributed by atoms with van der Waals surface area (Å²) < 4.78 is 47.5. The number of halogens is 4. The Morgan fingerprint density at radius 2 is 2.10 bits per heavy atom. The number of pyridine rings is 1. The molecule has 13 heteroatoms. The third-order valence-electron chi connectivity index (χ3n) is 4.20. The Morgan fingerprint density at radius 1 is 1.35 bits per heavy atom. The number of thiophene rings is 1. The molecule has 0 fully saturated rings. The highest BCUT2D eigenvalue weighted by Crippen LogP contribution is 2.43. The van der Waals surface area contributed by atoms with E-state index < -0.39 is 23.7 Å². The smallest absolute Gasteiger partial charge is 0.433 e. The quantitative estimate of drug-likeness (QED) is 0.362. The standard InChI is InChI=1S/C18H11F3IN5O3S/c1-27-6-8(22)12(26-27)16(29)25-13-11-7(9-3-2-4-30-9)5-10(18(19,20)21)24-17(11)31-14(13)15(23)28/h2-6H,1H3,(H2,23,28)(H,25,29). The predicted octanol–water partition coefficient (Wildman–Crippen LogP) is 4.26. The average molecular weight is 561 g/mol. The molecule has 0 aliphatic heterocycles. The number of carbonyl (C=O) groups excluding carboxylic acids is 2. The van der Waals surface area contributed by atoms with Crippen molar-refractivity contribution in [3.8, 4) is 11.3 Å². The molecule has 4 rings (SSSR count). The number of nitrogens with zero attached hydrogens (tertiary/aromatic N) is 3. The lowest BCUT2D eigenvalue weighted by Crippen LogP contribution is -2.18. The second kappa shape index (κ2) is 7.64. The molecule has 0 spiro atoms. The zero-order valence-electron chi connectivity index (χ0n) is 15.5. The van der Waals surface area contributed by atoms with Crippen molar-refractivity contribution in [2.75, 3.05) is 5.32 Å². The summed E-state index contributed by atoms with van der Waals surface area (Å²) >= 11 is 2.57. The van der Waals surface area contributed by atoms with Crippen LogP contribution in [-0.4, -0.2) is 26.6 Å². The van der Waals surface area contributed by atoms with E-state index in [2.05, 4.69) is 15.4 Å². The van der Waals surface area contributed by atoms with Crippen molar-refractivity contribution in [1.82, 2.24) is 14.8 Å². The van der Waals surface area contributed by atoms with Crippen molar-refractivity contribution in [1.29, 1.82) is 0 Å². The molecule has 2 amide bonds. The van der Waals surface area contributed by atoms with Crippen molar-refractivity contribution < 1.29 is 27.2 Å². The third-order valence-corrected chi connectivity index (χ3v) is 6.09. The maximum atomic E-state index is 13.4. The minimum atomic E-state index is -4.74. The summed E-state index contributed by atoms with van der Waals surface area (Å²) in [5.41, 5.74) is 4.32. The summed E-state index contributed by atoms with van der Waals surface area (Å²) in [5, 5.41) is 6.75. The van der Waals surface area contributed by atoms with Crippen LogP contribution in [0.4, 0.5) is 18.9 Å². The fourth-order valence-electron chi connectivity index (χ4n) is 2.95. The molecule has 0 saturated carbocycles. The van der Waals surface area contributed by atoms with E-state index in [1.165, 1.54) is 23.1 Å². The van der Waals surface area contributed by atoms with Crippen molar-refractivity contribution >= 4 is 61.6 Å². The maximum absolute atomic E-state index is 13.4. The van der Waals surface area contributed by atoms with Gasteiger partial charge in [-0.2, -0.15) is 18.3 Å². The lowest BCUT2D eigenvalue weighted by Gasteiger charge is -2.10. The Bertz CT molecular complexity index is 1330. The average Bonchev–Trinajstić information content (AvgIpc) is 3.39. The number of hydrogen-bond acceptors (Lipinski definition) is 6. The van der Waals surface area contributed by atoms with Crippen molar-refractivity contribution in [2.24, 2.45) is 12.8 Å². The van der Waals surface area contributed by atoms with Crippen molar-refractivity contribution in [3.63, 3.8) is 0 Å². The number of nitrogens with one attached hydrogen (secondary N) is 1. The number of carbonyl (C=O) groups is 2. The maximum Gasteiger partial charge on any atom is 0.433 e. The molecule has 0 saturated heterocycles. The number of furan rings is 1. The summed E-state index contributed by atoms with van der Waals surface area (Å²) in [7, 11) is 1.63. The molecular weight excluding hydrogens is 550 g/mol. The minimum Gasteiger partial charge on any atom is -0.464 e. The summed E-state index contributed by atoms with van der Waals surface area (Å²) in [6, 6.07) is 3.77. The number of primary amides is 1. The Balaban J connectivity index is 1.97. The van der Waals surface area contributed by atoms with Gasteiger partial charge in [-0.25, -0.2) is 4.98 Å². The molecule has 0 bridgehead atoms. The number of nitrogens with two attached hydrogens (primary N) is 1. The van der Waals surface area contributed by atoms with Crippen LogP contribution in [0.25, 0.3) is 21.5 Å². The Kier molecular flexibility index (Phi) is 5.25. The molecule has 4 aromatic heterocycles. The summed E-state index contributed by atoms with van der Waals surface area (Å²) in [6.07, 6.45) is -1.83. The second-order valence-corrected chi connectivity index (χ2v) is 8.50. The van der Waals surface area contributed by atoms with Crippen LogP contribution in [0.2, 0.25) is 0 Å². The second-order valence-electron chi connectivity index (χ2n) is 6.33. The third kappa shape index (κ3) is 3.89. The number of fused-ring (bicyclic) bond motifs is 1. The highest BCUT2D eigenvalue weighted by atomic mass is 127. The van der Waals surface area contributed by atoms with E-state index in [1.54, 1.807) is 13.2 Å². The number of anilines is 1. The van der Waals surface area contributed by atoms with Gasteiger partial charge in [0.2, 0.25) is 0 Å².